The van der Waals surface area contributed by atoms with E-state index in [1.54, 1.807) is 20.8 Å². The minimum absolute atomic E-state index is 0.266. The lowest BCUT2D eigenvalue weighted by atomic mass is 10.2. The molecule has 0 aromatic heterocycles. The standard InChI is InChI=1S/C14H16FNO3/c1-14(2,3)19-13(18)16-11-7-6-10(5-4-8-17)12(15)9-11/h4-9H,1-3H3,(H,16,18)/b5-4+. The fraction of sp³-hybridized carbons (Fsp3) is 0.286. The van der Waals surface area contributed by atoms with Crippen molar-refractivity contribution in [3.63, 3.8) is 0 Å². The molecule has 0 unspecified atom stereocenters. The maximum atomic E-state index is 13.6. The van der Waals surface area contributed by atoms with Crippen LogP contribution in [0.2, 0.25) is 0 Å². The first kappa shape index (κ1) is 14.9. The van der Waals surface area contributed by atoms with Gasteiger partial charge in [0.25, 0.3) is 0 Å². The highest BCUT2D eigenvalue weighted by molar-refractivity contribution is 5.85. The highest BCUT2D eigenvalue weighted by Gasteiger charge is 2.16. The van der Waals surface area contributed by atoms with Crippen molar-refractivity contribution < 1.29 is 18.7 Å². The average Bonchev–Trinajstić information content (AvgIpc) is 2.25. The lowest BCUT2D eigenvalue weighted by molar-refractivity contribution is -0.104. The molecule has 1 aromatic rings. The minimum Gasteiger partial charge on any atom is -0.444 e. The molecule has 0 saturated carbocycles. The van der Waals surface area contributed by atoms with E-state index in [2.05, 4.69) is 5.32 Å². The summed E-state index contributed by atoms with van der Waals surface area (Å²) in [6, 6.07) is 4.15. The summed E-state index contributed by atoms with van der Waals surface area (Å²) in [7, 11) is 0. The Morgan fingerprint density at radius 2 is 2.05 bits per heavy atom. The molecule has 0 spiro atoms. The molecule has 0 aliphatic carbocycles. The number of carbonyl (C=O) groups excluding carboxylic acids is 2. The molecule has 0 bridgehead atoms. The van der Waals surface area contributed by atoms with E-state index in [9.17, 15) is 14.0 Å². The van der Waals surface area contributed by atoms with Crippen molar-refractivity contribution in [3.8, 4) is 0 Å². The lowest BCUT2D eigenvalue weighted by Gasteiger charge is -2.19. The molecule has 1 amide bonds. The van der Waals surface area contributed by atoms with E-state index < -0.39 is 17.5 Å². The quantitative estimate of drug-likeness (QED) is 0.673. The Labute approximate surface area is 111 Å². The Morgan fingerprint density at radius 3 is 2.58 bits per heavy atom. The summed E-state index contributed by atoms with van der Waals surface area (Å²) in [6.07, 6.45) is 2.45. The van der Waals surface area contributed by atoms with Crippen LogP contribution in [0.25, 0.3) is 6.08 Å². The predicted octanol–water partition coefficient (Wildman–Crippen LogP) is 3.38. The number of allylic oxidation sites excluding steroid dienone is 1. The summed E-state index contributed by atoms with van der Waals surface area (Å²) >= 11 is 0. The Bertz CT molecular complexity index is 504. The molecule has 0 aliphatic heterocycles. The van der Waals surface area contributed by atoms with Gasteiger partial charge in [0.1, 0.15) is 17.7 Å². The third-order valence-corrected chi connectivity index (χ3v) is 2.00. The summed E-state index contributed by atoms with van der Waals surface area (Å²) in [5, 5.41) is 2.43. The van der Waals surface area contributed by atoms with Crippen LogP contribution in [-0.4, -0.2) is 18.0 Å². The molecule has 0 radical (unpaired) electrons. The normalized spacial score (nSPS) is 11.4. The van der Waals surface area contributed by atoms with Gasteiger partial charge in [0.15, 0.2) is 0 Å². The first-order chi connectivity index (χ1) is 8.81. The molecule has 1 N–H and O–H groups in total. The maximum Gasteiger partial charge on any atom is 0.412 e. The van der Waals surface area contributed by atoms with Crippen molar-refractivity contribution in [1.29, 1.82) is 0 Å². The maximum absolute atomic E-state index is 13.6. The van der Waals surface area contributed by atoms with Gasteiger partial charge in [0, 0.05) is 11.3 Å². The second-order valence-electron chi connectivity index (χ2n) is 4.86. The number of amides is 1. The van der Waals surface area contributed by atoms with Crippen molar-refractivity contribution in [1.82, 2.24) is 0 Å². The summed E-state index contributed by atoms with van der Waals surface area (Å²) in [4.78, 5) is 21.6. The van der Waals surface area contributed by atoms with E-state index in [-0.39, 0.29) is 11.3 Å². The molecule has 0 saturated heterocycles. The smallest absolute Gasteiger partial charge is 0.412 e. The number of hydrogen-bond donors (Lipinski definition) is 1. The topological polar surface area (TPSA) is 55.4 Å². The van der Waals surface area contributed by atoms with Crippen LogP contribution in [0.3, 0.4) is 0 Å². The van der Waals surface area contributed by atoms with E-state index in [1.165, 1.54) is 24.3 Å². The number of anilines is 1. The lowest BCUT2D eigenvalue weighted by Crippen LogP contribution is -2.27. The van der Waals surface area contributed by atoms with E-state index in [0.29, 0.717) is 6.29 Å². The van der Waals surface area contributed by atoms with Gasteiger partial charge in [-0.3, -0.25) is 10.1 Å². The minimum atomic E-state index is -0.650. The highest BCUT2D eigenvalue weighted by Crippen LogP contribution is 2.17. The van der Waals surface area contributed by atoms with Crippen molar-refractivity contribution in [2.24, 2.45) is 0 Å². The summed E-state index contributed by atoms with van der Waals surface area (Å²) in [5.74, 6) is -0.536. The van der Waals surface area contributed by atoms with E-state index >= 15 is 0 Å². The molecular weight excluding hydrogens is 249 g/mol. The van der Waals surface area contributed by atoms with Crippen molar-refractivity contribution >= 4 is 24.1 Å². The molecule has 0 atom stereocenters. The molecule has 0 aliphatic rings. The molecule has 0 fully saturated rings. The third kappa shape index (κ3) is 5.33. The SMILES string of the molecule is CC(C)(C)OC(=O)Nc1ccc(/C=C/C=O)c(F)c1. The van der Waals surface area contributed by atoms with Gasteiger partial charge < -0.3 is 4.74 Å². The Balaban J connectivity index is 2.76. The Morgan fingerprint density at radius 1 is 1.37 bits per heavy atom. The van der Waals surface area contributed by atoms with Gasteiger partial charge in [-0.2, -0.15) is 0 Å². The summed E-state index contributed by atoms with van der Waals surface area (Å²) in [5.41, 5.74) is -0.0632. The number of hydrogen-bond acceptors (Lipinski definition) is 3. The molecule has 19 heavy (non-hydrogen) atoms. The Kier molecular flexibility index (Phi) is 4.80. The van der Waals surface area contributed by atoms with Crippen LogP contribution in [0.5, 0.6) is 0 Å². The van der Waals surface area contributed by atoms with Crippen LogP contribution in [0, 0.1) is 5.82 Å². The monoisotopic (exact) mass is 265 g/mol. The highest BCUT2D eigenvalue weighted by atomic mass is 19.1. The first-order valence-electron chi connectivity index (χ1n) is 5.73. The largest absolute Gasteiger partial charge is 0.444 e. The number of ether oxygens (including phenoxy) is 1. The van der Waals surface area contributed by atoms with Gasteiger partial charge in [-0.15, -0.1) is 0 Å². The van der Waals surface area contributed by atoms with Crippen LogP contribution in [-0.2, 0) is 9.53 Å². The molecule has 102 valence electrons. The van der Waals surface area contributed by atoms with Gasteiger partial charge in [-0.1, -0.05) is 0 Å². The van der Waals surface area contributed by atoms with Crippen LogP contribution >= 0.6 is 0 Å². The molecule has 1 aromatic carbocycles. The third-order valence-electron chi connectivity index (χ3n) is 2.00. The zero-order chi connectivity index (χ0) is 14.5. The van der Waals surface area contributed by atoms with Gasteiger partial charge in [0.05, 0.1) is 0 Å². The van der Waals surface area contributed by atoms with Crippen molar-refractivity contribution in [2.45, 2.75) is 26.4 Å². The number of halogens is 1. The fourth-order valence-corrected chi connectivity index (χ4v) is 1.30. The van der Waals surface area contributed by atoms with Crippen molar-refractivity contribution in [2.75, 3.05) is 5.32 Å². The molecule has 1 rings (SSSR count). The zero-order valence-corrected chi connectivity index (χ0v) is 11.1. The first-order valence-corrected chi connectivity index (χ1v) is 5.73. The molecule has 4 nitrogen and oxygen atoms in total. The van der Waals surface area contributed by atoms with Crippen molar-refractivity contribution in [3.05, 3.63) is 35.7 Å². The summed E-state index contributed by atoms with van der Waals surface area (Å²) < 4.78 is 18.6. The molecule has 0 heterocycles. The van der Waals surface area contributed by atoms with E-state index in [4.69, 9.17) is 4.74 Å². The number of benzene rings is 1. The van der Waals surface area contributed by atoms with Gasteiger partial charge in [0.2, 0.25) is 0 Å². The number of aldehydes is 1. The van der Waals surface area contributed by atoms with Gasteiger partial charge in [-0.05, 0) is 51.1 Å². The number of rotatable bonds is 3. The second-order valence-corrected chi connectivity index (χ2v) is 4.86. The molecule has 5 heteroatoms. The van der Waals surface area contributed by atoms with Crippen LogP contribution in [0.15, 0.2) is 24.3 Å². The van der Waals surface area contributed by atoms with Crippen LogP contribution in [0.1, 0.15) is 26.3 Å². The average molecular weight is 265 g/mol. The van der Waals surface area contributed by atoms with Crippen LogP contribution < -0.4 is 5.32 Å². The molecular formula is C14H16FNO3. The summed E-state index contributed by atoms with van der Waals surface area (Å²) in [6.45, 7) is 5.21. The Hall–Kier alpha value is -2.17. The second kappa shape index (κ2) is 6.13. The van der Waals surface area contributed by atoms with Crippen LogP contribution in [0.4, 0.5) is 14.9 Å². The van der Waals surface area contributed by atoms with Gasteiger partial charge in [-0.25, -0.2) is 9.18 Å². The fourth-order valence-electron chi connectivity index (χ4n) is 1.30. The zero-order valence-electron chi connectivity index (χ0n) is 11.1. The predicted molar refractivity (Wildman–Crippen MR) is 71.4 cm³/mol. The van der Waals surface area contributed by atoms with E-state index in [1.807, 2.05) is 0 Å². The van der Waals surface area contributed by atoms with Gasteiger partial charge >= 0.3 is 6.09 Å². The number of carbonyl (C=O) groups is 2. The van der Waals surface area contributed by atoms with E-state index in [0.717, 1.165) is 6.07 Å². The number of nitrogens with one attached hydrogen (secondary N) is 1.